The Morgan fingerprint density at radius 2 is 2.00 bits per heavy atom. The Labute approximate surface area is 79.1 Å². The van der Waals surface area contributed by atoms with Crippen molar-refractivity contribution >= 4 is 6.29 Å². The van der Waals surface area contributed by atoms with Crippen LogP contribution in [0.4, 0.5) is 0 Å². The highest BCUT2D eigenvalue weighted by Crippen LogP contribution is 2.03. The molecule has 0 aromatic heterocycles. The van der Waals surface area contributed by atoms with E-state index in [9.17, 15) is 4.79 Å². The number of aliphatic hydroxyl groups excluding tert-OH is 1. The molecule has 1 atom stereocenters. The number of aliphatic hydroxyl groups is 1. The SMILES string of the molecule is [CH2]C(C=O)N1CCN(CCO)CC1. The Morgan fingerprint density at radius 1 is 1.38 bits per heavy atom. The maximum absolute atomic E-state index is 10.5. The van der Waals surface area contributed by atoms with Gasteiger partial charge in [0.1, 0.15) is 6.29 Å². The molecule has 1 unspecified atom stereocenters. The molecular weight excluding hydrogens is 168 g/mol. The van der Waals surface area contributed by atoms with Crippen LogP contribution in [-0.2, 0) is 4.79 Å². The van der Waals surface area contributed by atoms with Crippen molar-refractivity contribution < 1.29 is 9.90 Å². The molecule has 1 saturated heterocycles. The van der Waals surface area contributed by atoms with Crippen LogP contribution in [0.5, 0.6) is 0 Å². The third kappa shape index (κ3) is 3.06. The first-order valence-corrected chi connectivity index (χ1v) is 4.63. The van der Waals surface area contributed by atoms with Gasteiger partial charge in [-0.05, 0) is 6.92 Å². The Hall–Kier alpha value is -0.450. The van der Waals surface area contributed by atoms with Gasteiger partial charge >= 0.3 is 0 Å². The van der Waals surface area contributed by atoms with Crippen molar-refractivity contribution in [3.05, 3.63) is 6.92 Å². The van der Waals surface area contributed by atoms with Gasteiger partial charge in [-0.2, -0.15) is 0 Å². The molecule has 1 aliphatic heterocycles. The lowest BCUT2D eigenvalue weighted by atomic mass is 10.2. The minimum atomic E-state index is -0.212. The van der Waals surface area contributed by atoms with Crippen LogP contribution in [0.3, 0.4) is 0 Å². The van der Waals surface area contributed by atoms with Crippen molar-refractivity contribution in [2.24, 2.45) is 0 Å². The molecule has 1 radical (unpaired) electrons. The first kappa shape index (κ1) is 10.6. The number of rotatable bonds is 4. The minimum Gasteiger partial charge on any atom is -0.395 e. The number of hydrogen-bond donors (Lipinski definition) is 1. The van der Waals surface area contributed by atoms with E-state index >= 15 is 0 Å². The summed E-state index contributed by atoms with van der Waals surface area (Å²) in [5.41, 5.74) is 0. The van der Waals surface area contributed by atoms with Crippen LogP contribution in [-0.4, -0.2) is 66.6 Å². The Balaban J connectivity index is 2.26. The average Bonchev–Trinajstić information content (AvgIpc) is 2.18. The van der Waals surface area contributed by atoms with Crippen molar-refractivity contribution in [3.63, 3.8) is 0 Å². The number of nitrogens with zero attached hydrogens (tertiary/aromatic N) is 2. The van der Waals surface area contributed by atoms with Gasteiger partial charge in [-0.25, -0.2) is 0 Å². The summed E-state index contributed by atoms with van der Waals surface area (Å²) in [7, 11) is 0. The molecule has 0 aliphatic carbocycles. The fourth-order valence-corrected chi connectivity index (χ4v) is 1.55. The molecule has 4 heteroatoms. The topological polar surface area (TPSA) is 43.8 Å². The van der Waals surface area contributed by atoms with Gasteiger partial charge in [0, 0.05) is 32.7 Å². The molecule has 0 aromatic carbocycles. The maximum atomic E-state index is 10.5. The standard InChI is InChI=1S/C9H17N2O2/c1-9(8-13)11-4-2-10(3-5-11)6-7-12/h8-9,12H,1-7H2. The summed E-state index contributed by atoms with van der Waals surface area (Å²) < 4.78 is 0. The fraction of sp³-hybridized carbons (Fsp3) is 0.778. The van der Waals surface area contributed by atoms with Crippen LogP contribution in [0.1, 0.15) is 0 Å². The van der Waals surface area contributed by atoms with Crippen LogP contribution in [0.15, 0.2) is 0 Å². The van der Waals surface area contributed by atoms with Crippen LogP contribution < -0.4 is 0 Å². The Morgan fingerprint density at radius 3 is 2.46 bits per heavy atom. The highest BCUT2D eigenvalue weighted by atomic mass is 16.3. The molecule has 75 valence electrons. The average molecular weight is 185 g/mol. The van der Waals surface area contributed by atoms with Crippen molar-refractivity contribution in [1.29, 1.82) is 0 Å². The lowest BCUT2D eigenvalue weighted by Crippen LogP contribution is -2.50. The maximum Gasteiger partial charge on any atom is 0.137 e. The second kappa shape index (κ2) is 5.32. The van der Waals surface area contributed by atoms with Crippen LogP contribution in [0.25, 0.3) is 0 Å². The summed E-state index contributed by atoms with van der Waals surface area (Å²) >= 11 is 0. The zero-order valence-electron chi connectivity index (χ0n) is 7.85. The number of β-amino-alcohol motifs (C(OH)–C–C–N with tert-alkyl or cyclic N) is 1. The van der Waals surface area contributed by atoms with Gasteiger partial charge in [-0.1, -0.05) is 0 Å². The van der Waals surface area contributed by atoms with Gasteiger partial charge in [0.25, 0.3) is 0 Å². The summed E-state index contributed by atoms with van der Waals surface area (Å²) in [6.07, 6.45) is 0.877. The number of carbonyl (C=O) groups excluding carboxylic acids is 1. The van der Waals surface area contributed by atoms with E-state index in [4.69, 9.17) is 5.11 Å². The highest BCUT2D eigenvalue weighted by Gasteiger charge is 2.19. The molecule has 1 N–H and O–H groups in total. The lowest BCUT2D eigenvalue weighted by Gasteiger charge is -2.35. The zero-order valence-corrected chi connectivity index (χ0v) is 7.85. The Bertz CT molecular complexity index is 156. The van der Waals surface area contributed by atoms with E-state index in [0.29, 0.717) is 0 Å². The molecule has 0 saturated carbocycles. The number of carbonyl (C=O) groups is 1. The van der Waals surface area contributed by atoms with E-state index in [0.717, 1.165) is 39.0 Å². The molecule has 1 rings (SSSR count). The third-order valence-corrected chi connectivity index (χ3v) is 2.45. The van der Waals surface area contributed by atoms with Crippen LogP contribution in [0, 0.1) is 6.92 Å². The molecule has 0 amide bonds. The quantitative estimate of drug-likeness (QED) is 0.570. The van der Waals surface area contributed by atoms with Crippen molar-refractivity contribution in [3.8, 4) is 0 Å². The smallest absolute Gasteiger partial charge is 0.137 e. The van der Waals surface area contributed by atoms with E-state index in [1.807, 2.05) is 0 Å². The summed E-state index contributed by atoms with van der Waals surface area (Å²) in [4.78, 5) is 14.7. The molecule has 4 nitrogen and oxygen atoms in total. The minimum absolute atomic E-state index is 0.210. The van der Waals surface area contributed by atoms with E-state index in [-0.39, 0.29) is 12.6 Å². The fourth-order valence-electron chi connectivity index (χ4n) is 1.55. The highest BCUT2D eigenvalue weighted by molar-refractivity contribution is 5.58. The van der Waals surface area contributed by atoms with Crippen molar-refractivity contribution in [1.82, 2.24) is 9.80 Å². The zero-order chi connectivity index (χ0) is 9.68. The second-order valence-electron chi connectivity index (χ2n) is 3.30. The van der Waals surface area contributed by atoms with E-state index in [1.54, 1.807) is 0 Å². The van der Waals surface area contributed by atoms with E-state index in [2.05, 4.69) is 16.7 Å². The summed E-state index contributed by atoms with van der Waals surface area (Å²) in [5.74, 6) is 0. The van der Waals surface area contributed by atoms with Gasteiger partial charge in [0.15, 0.2) is 0 Å². The third-order valence-electron chi connectivity index (χ3n) is 2.45. The predicted molar refractivity (Wildman–Crippen MR) is 50.3 cm³/mol. The predicted octanol–water partition coefficient (Wildman–Crippen LogP) is -1.00. The van der Waals surface area contributed by atoms with Gasteiger partial charge in [0.2, 0.25) is 0 Å². The monoisotopic (exact) mass is 185 g/mol. The summed E-state index contributed by atoms with van der Waals surface area (Å²) in [6.45, 7) is 8.25. The summed E-state index contributed by atoms with van der Waals surface area (Å²) in [5, 5.41) is 8.72. The summed E-state index contributed by atoms with van der Waals surface area (Å²) in [6, 6.07) is -0.212. The first-order valence-electron chi connectivity index (χ1n) is 4.63. The van der Waals surface area contributed by atoms with Gasteiger partial charge in [-0.15, -0.1) is 0 Å². The van der Waals surface area contributed by atoms with Gasteiger partial charge in [-0.3, -0.25) is 9.80 Å². The molecule has 1 heterocycles. The van der Waals surface area contributed by atoms with Crippen LogP contribution >= 0.6 is 0 Å². The molecule has 1 aliphatic rings. The van der Waals surface area contributed by atoms with Gasteiger partial charge in [0.05, 0.1) is 12.6 Å². The van der Waals surface area contributed by atoms with Crippen LogP contribution in [0.2, 0.25) is 0 Å². The molecule has 13 heavy (non-hydrogen) atoms. The normalized spacial score (nSPS) is 22.9. The Kier molecular flexibility index (Phi) is 4.35. The largest absolute Gasteiger partial charge is 0.395 e. The number of aldehydes is 1. The first-order chi connectivity index (χ1) is 6.27. The number of piperazine rings is 1. The molecule has 1 fully saturated rings. The molecule has 0 spiro atoms. The number of hydrogen-bond acceptors (Lipinski definition) is 4. The van der Waals surface area contributed by atoms with Crippen molar-refractivity contribution in [2.75, 3.05) is 39.3 Å². The second-order valence-corrected chi connectivity index (χ2v) is 3.30. The molecule has 0 bridgehead atoms. The van der Waals surface area contributed by atoms with Crippen molar-refractivity contribution in [2.45, 2.75) is 6.04 Å². The lowest BCUT2D eigenvalue weighted by molar-refractivity contribution is -0.111. The molecular formula is C9H17N2O2. The molecule has 0 aromatic rings. The van der Waals surface area contributed by atoms with E-state index in [1.165, 1.54) is 0 Å². The van der Waals surface area contributed by atoms with Gasteiger partial charge < -0.3 is 9.90 Å². The van der Waals surface area contributed by atoms with E-state index < -0.39 is 0 Å².